The van der Waals surface area contributed by atoms with E-state index in [9.17, 15) is 8.42 Å². The Morgan fingerprint density at radius 2 is 1.94 bits per heavy atom. The summed E-state index contributed by atoms with van der Waals surface area (Å²) in [5, 5.41) is 3.43. The first kappa shape index (κ1) is 13.3. The van der Waals surface area contributed by atoms with E-state index in [0.29, 0.717) is 17.4 Å². The Labute approximate surface area is 105 Å². The van der Waals surface area contributed by atoms with Crippen molar-refractivity contribution in [3.8, 4) is 0 Å². The van der Waals surface area contributed by atoms with Gasteiger partial charge in [0, 0.05) is 13.1 Å². The Morgan fingerprint density at radius 3 is 2.59 bits per heavy atom. The normalized spacial score (nSPS) is 28.8. The van der Waals surface area contributed by atoms with Crippen LogP contribution in [0.4, 0.5) is 0 Å². The smallest absolute Gasteiger partial charge is 0.150 e. The van der Waals surface area contributed by atoms with E-state index in [1.54, 1.807) is 0 Å². The highest BCUT2D eigenvalue weighted by Crippen LogP contribution is 2.20. The molecule has 100 valence electrons. The summed E-state index contributed by atoms with van der Waals surface area (Å²) in [6, 6.07) is 0. The third-order valence-corrected chi connectivity index (χ3v) is 5.70. The van der Waals surface area contributed by atoms with Gasteiger partial charge in [-0.25, -0.2) is 8.42 Å². The highest BCUT2D eigenvalue weighted by Gasteiger charge is 2.27. The minimum atomic E-state index is -2.69. The molecule has 1 atom stereocenters. The second-order valence-corrected chi connectivity index (χ2v) is 7.59. The molecular weight excluding hydrogens is 236 g/mol. The van der Waals surface area contributed by atoms with Crippen molar-refractivity contribution in [3.63, 3.8) is 0 Å². The van der Waals surface area contributed by atoms with Crippen LogP contribution in [0.3, 0.4) is 0 Å². The van der Waals surface area contributed by atoms with E-state index in [1.165, 1.54) is 25.9 Å². The average Bonchev–Trinajstić information content (AvgIpc) is 2.88. The number of rotatable bonds is 6. The number of hydrogen-bond donors (Lipinski definition) is 1. The van der Waals surface area contributed by atoms with Crippen LogP contribution in [0.15, 0.2) is 0 Å². The summed E-state index contributed by atoms with van der Waals surface area (Å²) < 4.78 is 22.6. The third kappa shape index (κ3) is 4.56. The molecule has 2 fully saturated rings. The lowest BCUT2D eigenvalue weighted by atomic mass is 10.1. The van der Waals surface area contributed by atoms with Gasteiger partial charge in [0.05, 0.1) is 11.5 Å². The molecule has 1 N–H and O–H groups in total. The van der Waals surface area contributed by atoms with Gasteiger partial charge in [0.1, 0.15) is 0 Å². The van der Waals surface area contributed by atoms with Gasteiger partial charge in [-0.1, -0.05) is 0 Å². The summed E-state index contributed by atoms with van der Waals surface area (Å²) >= 11 is 0. The van der Waals surface area contributed by atoms with Crippen molar-refractivity contribution in [3.05, 3.63) is 0 Å². The van der Waals surface area contributed by atoms with E-state index in [-0.39, 0.29) is 0 Å². The van der Waals surface area contributed by atoms with Gasteiger partial charge in [-0.3, -0.25) is 0 Å². The maximum Gasteiger partial charge on any atom is 0.150 e. The van der Waals surface area contributed by atoms with Gasteiger partial charge in [-0.2, -0.15) is 0 Å². The van der Waals surface area contributed by atoms with Crippen molar-refractivity contribution >= 4 is 9.84 Å². The monoisotopic (exact) mass is 260 g/mol. The maximum absolute atomic E-state index is 11.3. The van der Waals surface area contributed by atoms with Crippen LogP contribution in [-0.4, -0.2) is 57.5 Å². The highest BCUT2D eigenvalue weighted by molar-refractivity contribution is 7.91. The van der Waals surface area contributed by atoms with Gasteiger partial charge in [-0.05, 0) is 51.2 Å². The molecule has 0 aromatic heterocycles. The van der Waals surface area contributed by atoms with E-state index < -0.39 is 9.84 Å². The Morgan fingerprint density at radius 1 is 1.18 bits per heavy atom. The maximum atomic E-state index is 11.3. The quantitative estimate of drug-likeness (QED) is 0.707. The fourth-order valence-corrected chi connectivity index (χ4v) is 4.68. The molecule has 2 saturated heterocycles. The second-order valence-electron chi connectivity index (χ2n) is 5.36. The molecule has 0 spiro atoms. The molecule has 1 unspecified atom stereocenters. The van der Waals surface area contributed by atoms with Gasteiger partial charge >= 0.3 is 0 Å². The zero-order chi connectivity index (χ0) is 12.1. The minimum Gasteiger partial charge on any atom is -0.315 e. The molecule has 2 aliphatic rings. The Bertz CT molecular complexity index is 323. The number of nitrogens with zero attached hydrogens (tertiary/aromatic N) is 1. The molecule has 0 amide bonds. The van der Waals surface area contributed by atoms with Crippen LogP contribution in [-0.2, 0) is 9.84 Å². The van der Waals surface area contributed by atoms with Crippen LogP contribution in [0, 0.1) is 5.92 Å². The predicted octanol–water partition coefficient (Wildman–Crippen LogP) is 0.497. The third-order valence-electron chi connectivity index (χ3n) is 3.86. The fraction of sp³-hybridized carbons (Fsp3) is 1.00. The van der Waals surface area contributed by atoms with Crippen molar-refractivity contribution in [2.45, 2.75) is 25.7 Å². The minimum absolute atomic E-state index is 0.402. The van der Waals surface area contributed by atoms with E-state index in [2.05, 4.69) is 10.2 Å². The molecule has 2 aliphatic heterocycles. The standard InChI is InChI=1S/C12H24N2O2S/c15-17(16)10-4-12(11-17)3-5-13-6-9-14-7-1-2-8-14/h12-13H,1-11H2. The molecule has 0 radical (unpaired) electrons. The molecule has 0 saturated carbocycles. The lowest BCUT2D eigenvalue weighted by molar-refractivity contribution is 0.334. The second kappa shape index (κ2) is 6.16. The van der Waals surface area contributed by atoms with E-state index in [0.717, 1.165) is 32.5 Å². The molecule has 17 heavy (non-hydrogen) atoms. The molecule has 2 heterocycles. The predicted molar refractivity (Wildman–Crippen MR) is 69.9 cm³/mol. The van der Waals surface area contributed by atoms with Gasteiger partial charge in [0.25, 0.3) is 0 Å². The number of hydrogen-bond acceptors (Lipinski definition) is 4. The molecule has 0 aromatic rings. The Kier molecular flexibility index (Phi) is 4.82. The highest BCUT2D eigenvalue weighted by atomic mass is 32.2. The first-order valence-corrected chi connectivity index (χ1v) is 8.61. The van der Waals surface area contributed by atoms with Crippen molar-refractivity contribution in [2.24, 2.45) is 5.92 Å². The van der Waals surface area contributed by atoms with Gasteiger partial charge in [0.2, 0.25) is 0 Å². The van der Waals surface area contributed by atoms with E-state index >= 15 is 0 Å². The summed E-state index contributed by atoms with van der Waals surface area (Å²) in [5.74, 6) is 1.23. The zero-order valence-electron chi connectivity index (χ0n) is 10.5. The first-order valence-electron chi connectivity index (χ1n) is 6.79. The van der Waals surface area contributed by atoms with Crippen LogP contribution >= 0.6 is 0 Å². The van der Waals surface area contributed by atoms with Crippen molar-refractivity contribution in [2.75, 3.05) is 44.2 Å². The molecule has 2 rings (SSSR count). The van der Waals surface area contributed by atoms with Gasteiger partial charge in [0.15, 0.2) is 9.84 Å². The first-order chi connectivity index (χ1) is 8.16. The fourth-order valence-electron chi connectivity index (χ4n) is 2.77. The summed E-state index contributed by atoms with van der Waals surface area (Å²) in [6.45, 7) is 5.65. The summed E-state index contributed by atoms with van der Waals surface area (Å²) in [6.07, 6.45) is 4.58. The molecule has 0 bridgehead atoms. The molecule has 0 aromatic carbocycles. The summed E-state index contributed by atoms with van der Waals surface area (Å²) in [4.78, 5) is 2.49. The summed E-state index contributed by atoms with van der Waals surface area (Å²) in [7, 11) is -2.69. The molecule has 0 aliphatic carbocycles. The van der Waals surface area contributed by atoms with Crippen LogP contribution < -0.4 is 5.32 Å². The lowest BCUT2D eigenvalue weighted by Gasteiger charge is -2.15. The molecule has 4 nitrogen and oxygen atoms in total. The zero-order valence-corrected chi connectivity index (χ0v) is 11.3. The van der Waals surface area contributed by atoms with Crippen LogP contribution in [0.1, 0.15) is 25.7 Å². The largest absolute Gasteiger partial charge is 0.315 e. The molecular formula is C12H24N2O2S. The van der Waals surface area contributed by atoms with Crippen LogP contribution in [0.2, 0.25) is 0 Å². The van der Waals surface area contributed by atoms with Crippen LogP contribution in [0.5, 0.6) is 0 Å². The van der Waals surface area contributed by atoms with E-state index in [4.69, 9.17) is 0 Å². The molecule has 5 heteroatoms. The Balaban J connectivity index is 1.49. The average molecular weight is 260 g/mol. The van der Waals surface area contributed by atoms with Crippen molar-refractivity contribution in [1.82, 2.24) is 10.2 Å². The summed E-state index contributed by atoms with van der Waals surface area (Å²) in [5.41, 5.74) is 0. The number of nitrogens with one attached hydrogen (secondary N) is 1. The van der Waals surface area contributed by atoms with Gasteiger partial charge in [-0.15, -0.1) is 0 Å². The topological polar surface area (TPSA) is 49.4 Å². The number of sulfone groups is 1. The number of likely N-dealkylation sites (tertiary alicyclic amines) is 1. The van der Waals surface area contributed by atoms with Crippen molar-refractivity contribution < 1.29 is 8.42 Å². The van der Waals surface area contributed by atoms with Gasteiger partial charge < -0.3 is 10.2 Å². The van der Waals surface area contributed by atoms with Crippen LogP contribution in [0.25, 0.3) is 0 Å². The SMILES string of the molecule is O=S1(=O)CCC(CCNCCN2CCCC2)C1. The van der Waals surface area contributed by atoms with E-state index in [1.807, 2.05) is 0 Å². The Hall–Kier alpha value is -0.130. The lowest BCUT2D eigenvalue weighted by Crippen LogP contribution is -2.31. The van der Waals surface area contributed by atoms with Crippen molar-refractivity contribution in [1.29, 1.82) is 0 Å².